The predicted octanol–water partition coefficient (Wildman–Crippen LogP) is 4.50. The Morgan fingerprint density at radius 1 is 0.818 bits per heavy atom. The zero-order valence-electron chi connectivity index (χ0n) is 26.9. The minimum atomic E-state index is -1.15. The maximum absolute atomic E-state index is 13.2. The molecule has 1 heterocycles. The molecule has 4 N–H and O–H groups in total. The molecule has 4 unspecified atom stereocenters. The van der Waals surface area contributed by atoms with Crippen molar-refractivity contribution in [2.75, 3.05) is 6.54 Å². The van der Waals surface area contributed by atoms with Gasteiger partial charge in [-0.3, -0.25) is 19.2 Å². The van der Waals surface area contributed by atoms with Gasteiger partial charge in [0, 0.05) is 19.4 Å². The predicted molar refractivity (Wildman–Crippen MR) is 171 cm³/mol. The lowest BCUT2D eigenvalue weighted by Crippen LogP contribution is -2.56. The highest BCUT2D eigenvalue weighted by atomic mass is 16.4. The summed E-state index contributed by atoms with van der Waals surface area (Å²) in [6, 6.07) is 5.34. The molecule has 1 aromatic rings. The highest BCUT2D eigenvalue weighted by Gasteiger charge is 2.38. The van der Waals surface area contributed by atoms with Crippen LogP contribution >= 0.6 is 0 Å². The van der Waals surface area contributed by atoms with E-state index >= 15 is 0 Å². The van der Waals surface area contributed by atoms with Crippen molar-refractivity contribution in [2.24, 2.45) is 0 Å². The first-order valence-electron chi connectivity index (χ1n) is 16.6. The number of nitrogens with one attached hydrogen (secondary N) is 3. The molecule has 0 saturated carbocycles. The molecule has 1 aliphatic rings. The number of carboxylic acids is 1. The smallest absolute Gasteiger partial charge is 0.326 e. The Hall–Kier alpha value is -3.43. The minimum Gasteiger partial charge on any atom is -0.480 e. The van der Waals surface area contributed by atoms with Gasteiger partial charge in [0.15, 0.2) is 0 Å². The van der Waals surface area contributed by atoms with Crippen LogP contribution in [0, 0.1) is 0 Å². The molecule has 44 heavy (non-hydrogen) atoms. The fourth-order valence-corrected chi connectivity index (χ4v) is 5.60. The molecular formula is C34H54N4O6. The average molecular weight is 615 g/mol. The molecule has 0 aliphatic carbocycles. The van der Waals surface area contributed by atoms with Crippen LogP contribution in [0.2, 0.25) is 0 Å². The van der Waals surface area contributed by atoms with Gasteiger partial charge in [-0.05, 0) is 38.7 Å². The third kappa shape index (κ3) is 13.5. The summed E-state index contributed by atoms with van der Waals surface area (Å²) in [6.07, 6.45) is 14.6. The number of unbranched alkanes of at least 4 members (excludes halogenated alkanes) is 10. The lowest BCUT2D eigenvalue weighted by molar-refractivity contribution is -0.144. The fourth-order valence-electron chi connectivity index (χ4n) is 5.60. The van der Waals surface area contributed by atoms with E-state index in [1.165, 1.54) is 56.3 Å². The Morgan fingerprint density at radius 2 is 1.41 bits per heavy atom. The van der Waals surface area contributed by atoms with Gasteiger partial charge in [-0.15, -0.1) is 0 Å². The van der Waals surface area contributed by atoms with Crippen LogP contribution < -0.4 is 16.0 Å². The third-order valence-corrected chi connectivity index (χ3v) is 8.24. The largest absolute Gasteiger partial charge is 0.480 e. The third-order valence-electron chi connectivity index (χ3n) is 8.24. The van der Waals surface area contributed by atoms with Crippen LogP contribution in [0.1, 0.15) is 116 Å². The van der Waals surface area contributed by atoms with Crippen molar-refractivity contribution >= 4 is 29.6 Å². The number of hydrogen-bond donors (Lipinski definition) is 4. The van der Waals surface area contributed by atoms with Gasteiger partial charge in [-0.2, -0.15) is 0 Å². The zero-order valence-corrected chi connectivity index (χ0v) is 26.9. The van der Waals surface area contributed by atoms with Crippen LogP contribution in [0.15, 0.2) is 30.3 Å². The highest BCUT2D eigenvalue weighted by Crippen LogP contribution is 2.19. The van der Waals surface area contributed by atoms with E-state index in [9.17, 15) is 29.1 Å². The van der Waals surface area contributed by atoms with Gasteiger partial charge in [-0.1, -0.05) is 101 Å². The Balaban J connectivity index is 1.71. The minimum absolute atomic E-state index is 0.123. The van der Waals surface area contributed by atoms with Gasteiger partial charge in [0.2, 0.25) is 23.6 Å². The first-order valence-corrected chi connectivity index (χ1v) is 16.6. The Bertz CT molecular complexity index is 1050. The van der Waals surface area contributed by atoms with Gasteiger partial charge < -0.3 is 26.0 Å². The number of aliphatic carboxylic acids is 1. The average Bonchev–Trinajstić information content (AvgIpc) is 3.49. The number of carbonyl (C=O) groups excluding carboxylic acids is 4. The second-order valence-electron chi connectivity index (χ2n) is 12.1. The van der Waals surface area contributed by atoms with Crippen LogP contribution in [0.25, 0.3) is 0 Å². The first kappa shape index (κ1) is 36.8. The molecule has 0 radical (unpaired) electrons. The number of carbonyl (C=O) groups is 5. The van der Waals surface area contributed by atoms with Crippen molar-refractivity contribution in [3.8, 4) is 0 Å². The van der Waals surface area contributed by atoms with Gasteiger partial charge >= 0.3 is 5.97 Å². The van der Waals surface area contributed by atoms with Crippen molar-refractivity contribution in [3.63, 3.8) is 0 Å². The lowest BCUT2D eigenvalue weighted by atomic mass is 10.1. The molecule has 1 aliphatic heterocycles. The standard InChI is InChI=1S/C34H54N4O6/c1-4-5-6-7-8-9-10-11-12-13-17-22-30(39)35-25(2)31(40)36-26(3)33(42)38-23-18-21-29(38)32(41)37-28(34(43)44)24-27-19-15-14-16-20-27/h14-16,19-20,25-26,28-29H,4-13,17-18,21-24H2,1-3H3,(H,35,39)(H,36,40)(H,37,41)(H,43,44). The number of benzene rings is 1. The summed E-state index contributed by atoms with van der Waals surface area (Å²) in [4.78, 5) is 64.6. The Morgan fingerprint density at radius 3 is 2.00 bits per heavy atom. The second kappa shape index (κ2) is 20.5. The topological polar surface area (TPSA) is 145 Å². The number of amides is 4. The van der Waals surface area contributed by atoms with E-state index in [-0.39, 0.29) is 12.3 Å². The van der Waals surface area contributed by atoms with Crippen molar-refractivity contribution in [1.82, 2.24) is 20.9 Å². The summed E-state index contributed by atoms with van der Waals surface area (Å²) in [5.41, 5.74) is 0.774. The van der Waals surface area contributed by atoms with Crippen molar-refractivity contribution in [2.45, 2.75) is 141 Å². The molecule has 4 atom stereocenters. The van der Waals surface area contributed by atoms with E-state index in [2.05, 4.69) is 22.9 Å². The summed E-state index contributed by atoms with van der Waals surface area (Å²) in [5, 5.41) is 17.6. The quantitative estimate of drug-likeness (QED) is 0.150. The normalized spacial score (nSPS) is 16.5. The molecule has 2 rings (SSSR count). The van der Waals surface area contributed by atoms with E-state index in [4.69, 9.17) is 0 Å². The molecule has 4 amide bonds. The highest BCUT2D eigenvalue weighted by molar-refractivity contribution is 5.95. The van der Waals surface area contributed by atoms with Crippen molar-refractivity contribution < 1.29 is 29.1 Å². The summed E-state index contributed by atoms with van der Waals surface area (Å²) >= 11 is 0. The zero-order chi connectivity index (χ0) is 32.3. The molecular weight excluding hydrogens is 560 g/mol. The molecule has 10 heteroatoms. The van der Waals surface area contributed by atoms with E-state index < -0.39 is 47.9 Å². The number of carboxylic acid groups (broad SMARTS) is 1. The number of rotatable bonds is 21. The fraction of sp³-hybridized carbons (Fsp3) is 0.676. The number of nitrogens with zero attached hydrogens (tertiary/aromatic N) is 1. The number of likely N-dealkylation sites (tertiary alicyclic amines) is 1. The Kier molecular flexibility index (Phi) is 17.1. The van der Waals surface area contributed by atoms with E-state index in [1.54, 1.807) is 38.1 Å². The Labute approximate surface area is 263 Å². The van der Waals surface area contributed by atoms with Crippen LogP contribution in [0.3, 0.4) is 0 Å². The van der Waals surface area contributed by atoms with E-state index in [1.807, 2.05) is 6.07 Å². The van der Waals surface area contributed by atoms with E-state index in [0.717, 1.165) is 24.8 Å². The molecule has 10 nitrogen and oxygen atoms in total. The summed E-state index contributed by atoms with van der Waals surface area (Å²) in [6.45, 7) is 5.68. The van der Waals surface area contributed by atoms with Gasteiger partial charge in [0.25, 0.3) is 0 Å². The molecule has 0 spiro atoms. The maximum atomic E-state index is 13.2. The number of hydrogen-bond acceptors (Lipinski definition) is 5. The summed E-state index contributed by atoms with van der Waals surface area (Å²) in [5.74, 6) is -2.78. The van der Waals surface area contributed by atoms with Gasteiger partial charge in [-0.25, -0.2) is 4.79 Å². The lowest BCUT2D eigenvalue weighted by Gasteiger charge is -2.28. The first-order chi connectivity index (χ1) is 21.1. The molecule has 1 aromatic carbocycles. The van der Waals surface area contributed by atoms with E-state index in [0.29, 0.717) is 25.8 Å². The molecule has 1 saturated heterocycles. The molecule has 0 aromatic heterocycles. The van der Waals surface area contributed by atoms with Crippen molar-refractivity contribution in [3.05, 3.63) is 35.9 Å². The monoisotopic (exact) mass is 614 g/mol. The van der Waals surface area contributed by atoms with Crippen LogP contribution in [-0.4, -0.2) is 70.3 Å². The van der Waals surface area contributed by atoms with Crippen LogP contribution in [0.4, 0.5) is 0 Å². The summed E-state index contributed by atoms with van der Waals surface area (Å²) < 4.78 is 0. The maximum Gasteiger partial charge on any atom is 0.326 e. The van der Waals surface area contributed by atoms with Crippen LogP contribution in [-0.2, 0) is 30.4 Å². The molecule has 1 fully saturated rings. The van der Waals surface area contributed by atoms with Gasteiger partial charge in [0.05, 0.1) is 0 Å². The second-order valence-corrected chi connectivity index (χ2v) is 12.1. The van der Waals surface area contributed by atoms with Crippen LogP contribution in [0.5, 0.6) is 0 Å². The molecule has 246 valence electrons. The SMILES string of the molecule is CCCCCCCCCCCCCC(=O)NC(C)C(=O)NC(C)C(=O)N1CCCC1C(=O)NC(Cc1ccccc1)C(=O)O. The van der Waals surface area contributed by atoms with Gasteiger partial charge in [0.1, 0.15) is 24.2 Å². The summed E-state index contributed by atoms with van der Waals surface area (Å²) in [7, 11) is 0. The van der Waals surface area contributed by atoms with Crippen molar-refractivity contribution in [1.29, 1.82) is 0 Å². The molecule has 0 bridgehead atoms.